The smallest absolute Gasteiger partial charge is 0.209 e. The summed E-state index contributed by atoms with van der Waals surface area (Å²) in [4.78, 5) is 8.92. The van der Waals surface area contributed by atoms with Crippen molar-refractivity contribution in [2.45, 2.75) is 6.92 Å². The first-order valence-electron chi connectivity index (χ1n) is 7.09. The number of nitrogens with zero attached hydrogens (tertiary/aromatic N) is 2. The fourth-order valence-corrected chi connectivity index (χ4v) is 2.68. The standard InChI is InChI=1S/C19H16N2S/c1-15-9-11-17(12-10-15)18-14-22-19(21-18)20-13-5-8-16-6-3-2-4-7-16/h2-14H,1H3/b8-5+,20-13+. The summed E-state index contributed by atoms with van der Waals surface area (Å²) in [5.41, 5.74) is 4.52. The summed E-state index contributed by atoms with van der Waals surface area (Å²) >= 11 is 1.55. The predicted molar refractivity (Wildman–Crippen MR) is 95.9 cm³/mol. The van der Waals surface area contributed by atoms with E-state index in [2.05, 4.69) is 53.3 Å². The zero-order valence-electron chi connectivity index (χ0n) is 12.3. The Morgan fingerprint density at radius 1 is 1.00 bits per heavy atom. The minimum absolute atomic E-state index is 0.772. The quantitative estimate of drug-likeness (QED) is 0.581. The molecule has 1 aromatic heterocycles. The van der Waals surface area contributed by atoms with Crippen molar-refractivity contribution < 1.29 is 0 Å². The maximum atomic E-state index is 4.54. The minimum atomic E-state index is 0.772. The van der Waals surface area contributed by atoms with Crippen LogP contribution in [0.1, 0.15) is 11.1 Å². The van der Waals surface area contributed by atoms with Gasteiger partial charge in [0.05, 0.1) is 5.69 Å². The van der Waals surface area contributed by atoms with Crippen LogP contribution >= 0.6 is 11.3 Å². The summed E-state index contributed by atoms with van der Waals surface area (Å²) < 4.78 is 0. The molecule has 0 bridgehead atoms. The first kappa shape index (κ1) is 14.4. The van der Waals surface area contributed by atoms with Crippen molar-refractivity contribution in [1.29, 1.82) is 0 Å². The number of benzene rings is 2. The van der Waals surface area contributed by atoms with Crippen LogP contribution in [-0.4, -0.2) is 11.2 Å². The third-order valence-corrected chi connectivity index (χ3v) is 3.95. The Labute approximate surface area is 134 Å². The molecule has 0 aliphatic rings. The van der Waals surface area contributed by atoms with Crippen molar-refractivity contribution in [3.8, 4) is 11.3 Å². The molecule has 0 unspecified atom stereocenters. The van der Waals surface area contributed by atoms with Crippen molar-refractivity contribution in [3.05, 3.63) is 77.2 Å². The van der Waals surface area contributed by atoms with Gasteiger partial charge in [0.25, 0.3) is 0 Å². The lowest BCUT2D eigenvalue weighted by atomic mass is 10.1. The molecule has 1 heterocycles. The highest BCUT2D eigenvalue weighted by atomic mass is 32.1. The van der Waals surface area contributed by atoms with Crippen LogP contribution < -0.4 is 0 Å². The van der Waals surface area contributed by atoms with E-state index in [9.17, 15) is 0 Å². The largest absolute Gasteiger partial charge is 0.228 e. The van der Waals surface area contributed by atoms with E-state index in [1.807, 2.05) is 35.7 Å². The summed E-state index contributed by atoms with van der Waals surface area (Å²) in [6.07, 6.45) is 5.74. The Bertz CT molecular complexity index is 784. The van der Waals surface area contributed by atoms with E-state index in [0.29, 0.717) is 0 Å². The van der Waals surface area contributed by atoms with Crippen LogP contribution in [0.15, 0.2) is 71.0 Å². The van der Waals surface area contributed by atoms with Gasteiger partial charge >= 0.3 is 0 Å². The number of rotatable bonds is 4. The van der Waals surface area contributed by atoms with Crippen LogP contribution in [0.5, 0.6) is 0 Å². The average molecular weight is 304 g/mol. The van der Waals surface area contributed by atoms with E-state index >= 15 is 0 Å². The van der Waals surface area contributed by atoms with Crippen LogP contribution in [0.2, 0.25) is 0 Å². The maximum absolute atomic E-state index is 4.54. The number of aromatic nitrogens is 1. The summed E-state index contributed by atoms with van der Waals surface area (Å²) in [6, 6.07) is 18.5. The molecule has 0 radical (unpaired) electrons. The number of thiazole rings is 1. The predicted octanol–water partition coefficient (Wildman–Crippen LogP) is 5.53. The van der Waals surface area contributed by atoms with Gasteiger partial charge in [0, 0.05) is 17.2 Å². The fourth-order valence-electron chi connectivity index (χ4n) is 2.01. The first-order chi connectivity index (χ1) is 10.8. The monoisotopic (exact) mass is 304 g/mol. The molecule has 0 amide bonds. The van der Waals surface area contributed by atoms with Gasteiger partial charge in [-0.05, 0) is 18.6 Å². The number of aliphatic imine (C=N–C) groups is 1. The lowest BCUT2D eigenvalue weighted by Crippen LogP contribution is -1.77. The van der Waals surface area contributed by atoms with Gasteiger partial charge in [-0.25, -0.2) is 9.98 Å². The van der Waals surface area contributed by atoms with E-state index in [1.165, 1.54) is 5.56 Å². The average Bonchev–Trinajstić information content (AvgIpc) is 3.02. The second-order valence-electron chi connectivity index (χ2n) is 4.93. The molecule has 2 nitrogen and oxygen atoms in total. The van der Waals surface area contributed by atoms with E-state index in [0.717, 1.165) is 22.0 Å². The van der Waals surface area contributed by atoms with E-state index in [4.69, 9.17) is 0 Å². The minimum Gasteiger partial charge on any atom is -0.228 e. The molecular formula is C19H16N2S. The lowest BCUT2D eigenvalue weighted by Gasteiger charge is -1.96. The normalized spacial score (nSPS) is 11.5. The Hall–Kier alpha value is -2.52. The van der Waals surface area contributed by atoms with E-state index < -0.39 is 0 Å². The molecule has 0 aliphatic carbocycles. The van der Waals surface area contributed by atoms with Gasteiger partial charge < -0.3 is 0 Å². The van der Waals surface area contributed by atoms with Crippen molar-refractivity contribution in [3.63, 3.8) is 0 Å². The SMILES string of the molecule is Cc1ccc(-c2csc(/N=C/C=C/c3ccccc3)n2)cc1. The van der Waals surface area contributed by atoms with Crippen LogP contribution in [0.25, 0.3) is 17.3 Å². The Balaban J connectivity index is 1.68. The molecule has 0 spiro atoms. The second kappa shape index (κ2) is 6.96. The van der Waals surface area contributed by atoms with Crippen molar-refractivity contribution in [2.24, 2.45) is 4.99 Å². The fraction of sp³-hybridized carbons (Fsp3) is 0.0526. The second-order valence-corrected chi connectivity index (χ2v) is 5.77. The summed E-state index contributed by atoms with van der Waals surface area (Å²) in [5.74, 6) is 0. The van der Waals surface area contributed by atoms with Crippen LogP contribution in [-0.2, 0) is 0 Å². The summed E-state index contributed by atoms with van der Waals surface area (Å²) in [6.45, 7) is 2.08. The number of allylic oxidation sites excluding steroid dienone is 1. The molecule has 3 aromatic rings. The van der Waals surface area contributed by atoms with Gasteiger partial charge in [0.1, 0.15) is 0 Å². The molecule has 2 aromatic carbocycles. The van der Waals surface area contributed by atoms with Crippen LogP contribution in [0, 0.1) is 6.92 Å². The number of aryl methyl sites for hydroxylation is 1. The first-order valence-corrected chi connectivity index (χ1v) is 7.97. The Morgan fingerprint density at radius 2 is 1.77 bits per heavy atom. The highest BCUT2D eigenvalue weighted by Gasteiger charge is 2.02. The van der Waals surface area contributed by atoms with Gasteiger partial charge in [-0.2, -0.15) is 0 Å². The molecule has 108 valence electrons. The number of hydrogen-bond acceptors (Lipinski definition) is 3. The molecule has 0 aliphatic heterocycles. The summed E-state index contributed by atoms with van der Waals surface area (Å²) in [5, 5.41) is 2.81. The third kappa shape index (κ3) is 3.77. The number of hydrogen-bond donors (Lipinski definition) is 0. The van der Waals surface area contributed by atoms with Crippen molar-refractivity contribution in [1.82, 2.24) is 4.98 Å². The van der Waals surface area contributed by atoms with Gasteiger partial charge in [-0.3, -0.25) is 0 Å². The zero-order valence-corrected chi connectivity index (χ0v) is 13.1. The molecule has 0 fully saturated rings. The molecule has 22 heavy (non-hydrogen) atoms. The molecular weight excluding hydrogens is 288 g/mol. The van der Waals surface area contributed by atoms with E-state index in [1.54, 1.807) is 17.6 Å². The molecule has 0 atom stereocenters. The maximum Gasteiger partial charge on any atom is 0.209 e. The molecule has 3 rings (SSSR count). The zero-order chi connectivity index (χ0) is 15.2. The topological polar surface area (TPSA) is 25.2 Å². The molecule has 0 saturated carbocycles. The molecule has 0 saturated heterocycles. The van der Waals surface area contributed by atoms with Gasteiger partial charge in [-0.1, -0.05) is 66.2 Å². The van der Waals surface area contributed by atoms with Crippen LogP contribution in [0.3, 0.4) is 0 Å². The van der Waals surface area contributed by atoms with Gasteiger partial charge in [-0.15, -0.1) is 11.3 Å². The highest BCUT2D eigenvalue weighted by molar-refractivity contribution is 7.13. The molecule has 3 heteroatoms. The highest BCUT2D eigenvalue weighted by Crippen LogP contribution is 2.26. The Kier molecular flexibility index (Phi) is 4.56. The van der Waals surface area contributed by atoms with Crippen molar-refractivity contribution >= 4 is 28.8 Å². The molecule has 0 N–H and O–H groups in total. The summed E-state index contributed by atoms with van der Waals surface area (Å²) in [7, 11) is 0. The van der Waals surface area contributed by atoms with E-state index in [-0.39, 0.29) is 0 Å². The van der Waals surface area contributed by atoms with Gasteiger partial charge in [0.15, 0.2) is 0 Å². The third-order valence-electron chi connectivity index (χ3n) is 3.20. The van der Waals surface area contributed by atoms with Crippen molar-refractivity contribution in [2.75, 3.05) is 0 Å². The Morgan fingerprint density at radius 3 is 2.55 bits per heavy atom. The lowest BCUT2D eigenvalue weighted by molar-refractivity contribution is 1.35. The van der Waals surface area contributed by atoms with Gasteiger partial charge in [0.2, 0.25) is 5.13 Å². The van der Waals surface area contributed by atoms with Crippen LogP contribution in [0.4, 0.5) is 5.13 Å².